The van der Waals surface area contributed by atoms with Crippen molar-refractivity contribution in [2.45, 2.75) is 92.1 Å². The highest BCUT2D eigenvalue weighted by Gasteiger charge is 2.56. The van der Waals surface area contributed by atoms with Crippen molar-refractivity contribution in [1.82, 2.24) is 9.55 Å². The minimum atomic E-state index is -0.548. The van der Waals surface area contributed by atoms with Gasteiger partial charge in [0.15, 0.2) is 5.82 Å². The first-order chi connectivity index (χ1) is 19.6. The van der Waals surface area contributed by atoms with E-state index in [9.17, 15) is 9.59 Å². The zero-order valence-electron chi connectivity index (χ0n) is 25.7. The highest BCUT2D eigenvalue weighted by molar-refractivity contribution is 6.63. The monoisotopic (exact) mass is 587 g/mol. The van der Waals surface area contributed by atoms with Crippen LogP contribution in [-0.2, 0) is 4.79 Å². The van der Waals surface area contributed by atoms with Crippen LogP contribution >= 0.6 is 11.6 Å². The van der Waals surface area contributed by atoms with Crippen molar-refractivity contribution < 1.29 is 9.18 Å². The number of hydrogen-bond donors (Lipinski definition) is 1. The van der Waals surface area contributed by atoms with Gasteiger partial charge in [-0.15, -0.1) is 0 Å². The van der Waals surface area contributed by atoms with Gasteiger partial charge in [-0.25, -0.2) is 4.39 Å². The Hall–Kier alpha value is -2.93. The molecule has 2 saturated carbocycles. The first-order valence-corrected chi connectivity index (χ1v) is 15.5. The maximum atomic E-state index is 15.6. The second-order valence-corrected chi connectivity index (χ2v) is 15.1. The summed E-state index contributed by atoms with van der Waals surface area (Å²) in [6.07, 6.45) is 6.73. The topological polar surface area (TPSA) is 64.0 Å². The first-order valence-electron chi connectivity index (χ1n) is 15.1. The molecule has 42 heavy (non-hydrogen) atoms. The summed E-state index contributed by atoms with van der Waals surface area (Å²) < 4.78 is 17.3. The van der Waals surface area contributed by atoms with E-state index < -0.39 is 11.2 Å². The predicted molar refractivity (Wildman–Crippen MR) is 170 cm³/mol. The number of halogens is 2. The van der Waals surface area contributed by atoms with Gasteiger partial charge in [0.25, 0.3) is 5.56 Å². The molecule has 220 valence electrons. The summed E-state index contributed by atoms with van der Waals surface area (Å²) in [5, 5.41) is 3.02. The van der Waals surface area contributed by atoms with Crippen LogP contribution in [0.1, 0.15) is 76.6 Å². The SMILES string of the molecule is Cc1cnc(-c2cccc(NC(=O)C3(C)CC3)c2F)cc1-n1c(C)cc([C@H]2C[C@@H]2B2CC(C)(C)C(C)(C)C2)c(Cl)c1=O. The number of benzene rings is 1. The smallest absolute Gasteiger partial charge is 0.274 e. The van der Waals surface area contributed by atoms with E-state index in [1.165, 1.54) is 12.6 Å². The fourth-order valence-corrected chi connectivity index (χ4v) is 7.33. The van der Waals surface area contributed by atoms with Gasteiger partial charge in [-0.2, -0.15) is 0 Å². The van der Waals surface area contributed by atoms with Gasteiger partial charge in [-0.05, 0) is 85.3 Å². The molecule has 6 rings (SSSR count). The van der Waals surface area contributed by atoms with Crippen molar-refractivity contribution in [3.63, 3.8) is 0 Å². The van der Waals surface area contributed by atoms with Crippen LogP contribution in [-0.4, -0.2) is 22.2 Å². The largest absolute Gasteiger partial charge is 0.323 e. The Labute approximate surface area is 253 Å². The summed E-state index contributed by atoms with van der Waals surface area (Å²) in [5.74, 6) is 0.150. The molecule has 2 aliphatic carbocycles. The van der Waals surface area contributed by atoms with Crippen LogP contribution in [0.5, 0.6) is 0 Å². The van der Waals surface area contributed by atoms with Crippen molar-refractivity contribution in [3.8, 4) is 16.9 Å². The highest BCUT2D eigenvalue weighted by atomic mass is 35.5. The molecule has 3 aromatic rings. The molecule has 3 heterocycles. The first kappa shape index (κ1) is 29.2. The minimum Gasteiger partial charge on any atom is -0.323 e. The van der Waals surface area contributed by atoms with E-state index in [1.54, 1.807) is 35.0 Å². The number of amides is 1. The van der Waals surface area contributed by atoms with E-state index in [0.717, 1.165) is 36.1 Å². The predicted octanol–water partition coefficient (Wildman–Crippen LogP) is 8.47. The van der Waals surface area contributed by atoms with Crippen LogP contribution in [0.2, 0.25) is 23.5 Å². The number of pyridine rings is 2. The van der Waals surface area contributed by atoms with E-state index in [4.69, 9.17) is 11.6 Å². The lowest BCUT2D eigenvalue weighted by molar-refractivity contribution is -0.120. The zero-order chi connectivity index (χ0) is 30.4. The number of carbonyl (C=O) groups is 1. The molecular weight excluding hydrogens is 548 g/mol. The van der Waals surface area contributed by atoms with Gasteiger partial charge in [0.1, 0.15) is 11.7 Å². The van der Waals surface area contributed by atoms with Crippen LogP contribution in [0, 0.1) is 35.9 Å². The molecule has 8 heteroatoms. The molecule has 1 saturated heterocycles. The third-order valence-corrected chi connectivity index (χ3v) is 11.3. The second-order valence-electron chi connectivity index (χ2n) is 14.7. The van der Waals surface area contributed by atoms with Crippen LogP contribution in [0.25, 0.3) is 16.9 Å². The van der Waals surface area contributed by atoms with E-state index >= 15 is 4.39 Å². The van der Waals surface area contributed by atoms with Gasteiger partial charge >= 0.3 is 0 Å². The van der Waals surface area contributed by atoms with Crippen molar-refractivity contribution in [2.75, 3.05) is 5.32 Å². The molecule has 2 atom stereocenters. The molecule has 3 aliphatic rings. The number of aromatic nitrogens is 2. The lowest BCUT2D eigenvalue weighted by Crippen LogP contribution is -2.24. The molecule has 5 nitrogen and oxygen atoms in total. The number of nitrogens with zero attached hydrogens (tertiary/aromatic N) is 2. The lowest BCUT2D eigenvalue weighted by Gasteiger charge is -2.35. The number of nitrogens with one attached hydrogen (secondary N) is 1. The fraction of sp³-hybridized carbons (Fsp3) is 0.500. The molecule has 1 amide bonds. The summed E-state index contributed by atoms with van der Waals surface area (Å²) in [7, 11) is 0. The summed E-state index contributed by atoms with van der Waals surface area (Å²) in [4.78, 5) is 30.9. The average molecular weight is 588 g/mol. The van der Waals surface area contributed by atoms with Crippen molar-refractivity contribution in [1.29, 1.82) is 0 Å². The van der Waals surface area contributed by atoms with Crippen LogP contribution < -0.4 is 10.9 Å². The molecule has 3 fully saturated rings. The number of carbonyl (C=O) groups excluding carboxylic acids is 1. The summed E-state index contributed by atoms with van der Waals surface area (Å²) in [6, 6.07) is 8.69. The summed E-state index contributed by atoms with van der Waals surface area (Å²) >= 11 is 6.84. The second kappa shape index (κ2) is 9.80. The van der Waals surface area contributed by atoms with Crippen LogP contribution in [0.4, 0.5) is 10.1 Å². The quantitative estimate of drug-likeness (QED) is 0.294. The maximum Gasteiger partial charge on any atom is 0.274 e. The van der Waals surface area contributed by atoms with Gasteiger partial charge in [0.2, 0.25) is 5.91 Å². The van der Waals surface area contributed by atoms with Gasteiger partial charge in [0.05, 0.1) is 17.1 Å². The Morgan fingerprint density at radius 1 is 1.10 bits per heavy atom. The Balaban J connectivity index is 1.31. The van der Waals surface area contributed by atoms with E-state index in [0.29, 0.717) is 40.7 Å². The summed E-state index contributed by atoms with van der Waals surface area (Å²) in [6.45, 7) is 15.8. The van der Waals surface area contributed by atoms with Crippen molar-refractivity contribution in [3.05, 3.63) is 74.5 Å². The van der Waals surface area contributed by atoms with Gasteiger partial charge in [-0.1, -0.05) is 70.7 Å². The normalized spacial score (nSPS) is 23.1. The average Bonchev–Trinajstić information content (AvgIpc) is 3.84. The van der Waals surface area contributed by atoms with Crippen LogP contribution in [0.3, 0.4) is 0 Å². The van der Waals surface area contributed by atoms with Crippen molar-refractivity contribution >= 4 is 29.9 Å². The van der Waals surface area contributed by atoms with E-state index in [-0.39, 0.29) is 27.7 Å². The maximum absolute atomic E-state index is 15.6. The molecule has 0 radical (unpaired) electrons. The van der Waals surface area contributed by atoms with Crippen LogP contribution in [0.15, 0.2) is 41.3 Å². The van der Waals surface area contributed by atoms with Crippen molar-refractivity contribution in [2.24, 2.45) is 16.2 Å². The third-order valence-electron chi connectivity index (χ3n) is 11.0. The van der Waals surface area contributed by atoms with E-state index in [2.05, 4.69) is 44.1 Å². The molecule has 1 aliphatic heterocycles. The Bertz CT molecular complexity index is 1660. The Kier molecular flexibility index (Phi) is 6.80. The zero-order valence-corrected chi connectivity index (χ0v) is 26.5. The molecule has 1 aromatic carbocycles. The molecule has 0 unspecified atom stereocenters. The number of hydrogen-bond acceptors (Lipinski definition) is 3. The summed E-state index contributed by atoms with van der Waals surface area (Å²) in [5.41, 5.74) is 3.80. The Morgan fingerprint density at radius 3 is 2.40 bits per heavy atom. The molecular formula is C34H40BClFN3O2. The number of anilines is 1. The molecule has 2 aromatic heterocycles. The minimum absolute atomic E-state index is 0.128. The van der Waals surface area contributed by atoms with E-state index in [1.807, 2.05) is 20.8 Å². The number of aryl methyl sites for hydroxylation is 2. The van der Waals surface area contributed by atoms with Gasteiger partial charge in [-0.3, -0.25) is 19.1 Å². The number of rotatable bonds is 6. The molecule has 1 N–H and O–H groups in total. The fourth-order valence-electron chi connectivity index (χ4n) is 7.05. The standard InChI is InChI=1S/C34H40BClFN3O2/c1-19-16-38-26(21-9-8-10-25(29(21)37)39-31(42)34(7)11-12-34)15-27(19)40-20(2)13-23(28(36)30(40)41)22-14-24(22)35-17-32(3,4)33(5,6)18-35/h8-10,13,15-16,22,24H,11-12,14,17-18H2,1-7H3,(H,39,42)/t22-,24+/m1/s1. The highest BCUT2D eigenvalue weighted by Crippen LogP contribution is 2.64. The third kappa shape index (κ3) is 4.82. The molecule has 0 spiro atoms. The van der Waals surface area contributed by atoms with Gasteiger partial charge in [0, 0.05) is 22.9 Å². The van der Waals surface area contributed by atoms with Gasteiger partial charge < -0.3 is 5.32 Å². The molecule has 0 bridgehead atoms. The lowest BCUT2D eigenvalue weighted by atomic mass is 9.42. The Morgan fingerprint density at radius 2 is 1.76 bits per heavy atom.